The average Bonchev–Trinajstić information content (AvgIpc) is 3.10. The Kier molecular flexibility index (Phi) is 5.78. The number of benzene rings is 2. The third-order valence-electron chi connectivity index (χ3n) is 4.35. The van der Waals surface area contributed by atoms with Gasteiger partial charge in [0.1, 0.15) is 0 Å². The maximum atomic E-state index is 11.8. The van der Waals surface area contributed by atoms with Crippen LogP contribution in [0.15, 0.2) is 59.9 Å². The summed E-state index contributed by atoms with van der Waals surface area (Å²) in [6, 6.07) is 16.3. The first-order valence-corrected chi connectivity index (χ1v) is 9.73. The summed E-state index contributed by atoms with van der Waals surface area (Å²) in [5.41, 5.74) is 4.61. The van der Waals surface area contributed by atoms with Crippen molar-refractivity contribution in [1.29, 1.82) is 0 Å². The number of para-hydroxylation sites is 1. The predicted octanol–water partition coefficient (Wildman–Crippen LogP) is 4.99. The number of carbonyl (C=O) groups is 1. The molecule has 1 aromatic heterocycles. The van der Waals surface area contributed by atoms with Crippen LogP contribution in [-0.2, 0) is 18.6 Å². The molecule has 0 atom stereocenters. The molecule has 0 aliphatic heterocycles. The van der Waals surface area contributed by atoms with Crippen LogP contribution >= 0.6 is 11.8 Å². The van der Waals surface area contributed by atoms with Crippen molar-refractivity contribution < 1.29 is 9.90 Å². The summed E-state index contributed by atoms with van der Waals surface area (Å²) >= 11 is 1.56. The predicted molar refractivity (Wildman–Crippen MR) is 105 cm³/mol. The number of hydrogen-bond acceptors (Lipinski definition) is 3. The Labute approximate surface area is 157 Å². The molecule has 134 valence electrons. The third-order valence-corrected chi connectivity index (χ3v) is 5.37. The van der Waals surface area contributed by atoms with Crippen molar-refractivity contribution in [3.05, 3.63) is 77.1 Å². The molecule has 4 nitrogen and oxygen atoms in total. The molecule has 0 saturated heterocycles. The van der Waals surface area contributed by atoms with Crippen LogP contribution in [0.1, 0.15) is 41.0 Å². The highest BCUT2D eigenvalue weighted by atomic mass is 32.2. The molecule has 0 aliphatic rings. The molecule has 0 unspecified atom stereocenters. The van der Waals surface area contributed by atoms with Crippen molar-refractivity contribution in [3.8, 4) is 5.69 Å². The summed E-state index contributed by atoms with van der Waals surface area (Å²) in [6.07, 6.45) is 3.13. The SMILES string of the molecule is CCc1cccc(CC)c1-n1c(C(=O)O)cnc1SCc1ccccc1. The van der Waals surface area contributed by atoms with E-state index in [4.69, 9.17) is 0 Å². The van der Waals surface area contributed by atoms with E-state index in [9.17, 15) is 9.90 Å². The number of aromatic nitrogens is 2. The molecule has 0 fully saturated rings. The van der Waals surface area contributed by atoms with E-state index in [0.29, 0.717) is 5.16 Å². The van der Waals surface area contributed by atoms with Crippen molar-refractivity contribution >= 4 is 17.7 Å². The van der Waals surface area contributed by atoms with Crippen LogP contribution in [0.2, 0.25) is 0 Å². The fourth-order valence-electron chi connectivity index (χ4n) is 3.03. The lowest BCUT2D eigenvalue weighted by molar-refractivity contribution is 0.0687. The van der Waals surface area contributed by atoms with E-state index in [1.807, 2.05) is 28.8 Å². The second kappa shape index (κ2) is 8.23. The van der Waals surface area contributed by atoms with Gasteiger partial charge in [0.2, 0.25) is 0 Å². The minimum absolute atomic E-state index is 0.205. The number of rotatable bonds is 7. The van der Waals surface area contributed by atoms with Gasteiger partial charge in [-0.25, -0.2) is 9.78 Å². The van der Waals surface area contributed by atoms with Gasteiger partial charge in [-0.15, -0.1) is 0 Å². The standard InChI is InChI=1S/C21H22N2O2S/c1-3-16-11-8-12-17(4-2)19(16)23-18(20(24)25)13-22-21(23)26-14-15-9-6-5-7-10-15/h5-13H,3-4,14H2,1-2H3,(H,24,25). The quantitative estimate of drug-likeness (QED) is 0.599. The Balaban J connectivity index is 2.08. The van der Waals surface area contributed by atoms with Crippen molar-refractivity contribution in [3.63, 3.8) is 0 Å². The molecule has 26 heavy (non-hydrogen) atoms. The van der Waals surface area contributed by atoms with Gasteiger partial charge in [0, 0.05) is 5.75 Å². The molecule has 0 amide bonds. The Bertz CT molecular complexity index is 881. The van der Waals surface area contributed by atoms with Gasteiger partial charge in [-0.05, 0) is 29.5 Å². The zero-order valence-electron chi connectivity index (χ0n) is 15.0. The monoisotopic (exact) mass is 366 g/mol. The van der Waals surface area contributed by atoms with E-state index in [1.54, 1.807) is 11.8 Å². The van der Waals surface area contributed by atoms with Crippen LogP contribution in [0.5, 0.6) is 0 Å². The van der Waals surface area contributed by atoms with Crippen LogP contribution in [0.25, 0.3) is 5.69 Å². The van der Waals surface area contributed by atoms with Crippen LogP contribution in [-0.4, -0.2) is 20.6 Å². The number of nitrogens with zero attached hydrogens (tertiary/aromatic N) is 2. The molecule has 0 radical (unpaired) electrons. The van der Waals surface area contributed by atoms with E-state index in [0.717, 1.165) is 35.4 Å². The summed E-state index contributed by atoms with van der Waals surface area (Å²) in [6.45, 7) is 4.18. The van der Waals surface area contributed by atoms with Crippen molar-refractivity contribution in [2.45, 2.75) is 37.6 Å². The molecule has 0 saturated carbocycles. The number of thioether (sulfide) groups is 1. The van der Waals surface area contributed by atoms with Gasteiger partial charge in [0.15, 0.2) is 10.9 Å². The first-order valence-electron chi connectivity index (χ1n) is 8.74. The van der Waals surface area contributed by atoms with E-state index in [2.05, 4.69) is 43.1 Å². The van der Waals surface area contributed by atoms with Crippen LogP contribution < -0.4 is 0 Å². The number of aromatic carboxylic acids is 1. The Hall–Kier alpha value is -2.53. The molecule has 5 heteroatoms. The number of aryl methyl sites for hydroxylation is 2. The second-order valence-corrected chi connectivity index (χ2v) is 6.92. The zero-order chi connectivity index (χ0) is 18.5. The lowest BCUT2D eigenvalue weighted by Crippen LogP contribution is -2.12. The summed E-state index contributed by atoms with van der Waals surface area (Å²) in [5, 5.41) is 10.4. The molecule has 0 bridgehead atoms. The molecule has 1 heterocycles. The van der Waals surface area contributed by atoms with Gasteiger partial charge in [-0.1, -0.05) is 74.1 Å². The van der Waals surface area contributed by atoms with E-state index < -0.39 is 5.97 Å². The maximum Gasteiger partial charge on any atom is 0.354 e. The molecule has 3 aromatic rings. The lowest BCUT2D eigenvalue weighted by atomic mass is 10.0. The topological polar surface area (TPSA) is 55.1 Å². The fraction of sp³-hybridized carbons (Fsp3) is 0.238. The minimum atomic E-state index is -0.961. The average molecular weight is 366 g/mol. The number of carboxylic acids is 1. The minimum Gasteiger partial charge on any atom is -0.477 e. The van der Waals surface area contributed by atoms with Gasteiger partial charge in [-0.2, -0.15) is 0 Å². The summed E-state index contributed by atoms with van der Waals surface area (Å²) in [5.74, 6) is -0.218. The van der Waals surface area contributed by atoms with E-state index in [-0.39, 0.29) is 5.69 Å². The molecule has 1 N–H and O–H groups in total. The van der Waals surface area contributed by atoms with Gasteiger partial charge in [0.25, 0.3) is 0 Å². The molecular formula is C21H22N2O2S. The molecule has 0 aliphatic carbocycles. The molecule has 3 rings (SSSR count). The summed E-state index contributed by atoms with van der Waals surface area (Å²) in [4.78, 5) is 16.2. The first-order chi connectivity index (χ1) is 12.7. The normalized spacial score (nSPS) is 10.8. The van der Waals surface area contributed by atoms with Crippen molar-refractivity contribution in [2.24, 2.45) is 0 Å². The maximum absolute atomic E-state index is 11.8. The molecule has 2 aromatic carbocycles. The van der Waals surface area contributed by atoms with Crippen molar-refractivity contribution in [2.75, 3.05) is 0 Å². The van der Waals surface area contributed by atoms with Crippen LogP contribution in [0, 0.1) is 0 Å². The highest BCUT2D eigenvalue weighted by Crippen LogP contribution is 2.30. The van der Waals surface area contributed by atoms with E-state index >= 15 is 0 Å². The highest BCUT2D eigenvalue weighted by molar-refractivity contribution is 7.98. The zero-order valence-corrected chi connectivity index (χ0v) is 15.8. The van der Waals surface area contributed by atoms with Crippen LogP contribution in [0.3, 0.4) is 0 Å². The summed E-state index contributed by atoms with van der Waals surface area (Å²) in [7, 11) is 0. The lowest BCUT2D eigenvalue weighted by Gasteiger charge is -2.17. The number of hydrogen-bond donors (Lipinski definition) is 1. The van der Waals surface area contributed by atoms with Gasteiger partial charge < -0.3 is 5.11 Å². The van der Waals surface area contributed by atoms with Gasteiger partial charge in [-0.3, -0.25) is 4.57 Å². The fourth-order valence-corrected chi connectivity index (χ4v) is 3.96. The smallest absolute Gasteiger partial charge is 0.354 e. The first kappa shape index (κ1) is 18.3. The third kappa shape index (κ3) is 3.68. The second-order valence-electron chi connectivity index (χ2n) is 5.97. The molecule has 0 spiro atoms. The number of carboxylic acid groups (broad SMARTS) is 1. The van der Waals surface area contributed by atoms with Gasteiger partial charge >= 0.3 is 5.97 Å². The Morgan fingerprint density at radius 1 is 1.04 bits per heavy atom. The summed E-state index contributed by atoms with van der Waals surface area (Å²) < 4.78 is 1.81. The number of imidazole rings is 1. The Morgan fingerprint density at radius 2 is 1.69 bits per heavy atom. The molecular weight excluding hydrogens is 344 g/mol. The van der Waals surface area contributed by atoms with Gasteiger partial charge in [0.05, 0.1) is 11.9 Å². The van der Waals surface area contributed by atoms with E-state index in [1.165, 1.54) is 11.8 Å². The van der Waals surface area contributed by atoms with Crippen LogP contribution in [0.4, 0.5) is 0 Å². The highest BCUT2D eigenvalue weighted by Gasteiger charge is 2.21. The van der Waals surface area contributed by atoms with Crippen molar-refractivity contribution in [1.82, 2.24) is 9.55 Å². The largest absolute Gasteiger partial charge is 0.477 e. The Morgan fingerprint density at radius 3 is 2.27 bits per heavy atom.